The van der Waals surface area contributed by atoms with Crippen molar-refractivity contribution < 1.29 is 14.0 Å². The Balaban J connectivity index is 1.99. The number of carbonyl (C=O) groups excluding carboxylic acids is 2. The summed E-state index contributed by atoms with van der Waals surface area (Å²) >= 11 is 0. The number of nitrogens with one attached hydrogen (secondary N) is 1. The lowest BCUT2D eigenvalue weighted by Gasteiger charge is -2.21. The van der Waals surface area contributed by atoms with Crippen LogP contribution in [-0.2, 0) is 9.59 Å². The molecule has 0 unspecified atom stereocenters. The Morgan fingerprint density at radius 3 is 2.36 bits per heavy atom. The van der Waals surface area contributed by atoms with Crippen molar-refractivity contribution in [3.8, 4) is 0 Å². The maximum atomic E-state index is 13.1. The summed E-state index contributed by atoms with van der Waals surface area (Å²) < 4.78 is 13.1. The minimum atomic E-state index is -0.409. The molecule has 0 saturated carbocycles. The number of anilines is 2. The quantitative estimate of drug-likeness (QED) is 0.849. The maximum absolute atomic E-state index is 13.1. The maximum Gasteiger partial charge on any atom is 0.226 e. The lowest BCUT2D eigenvalue weighted by Crippen LogP contribution is -2.31. The highest BCUT2D eigenvalue weighted by Crippen LogP contribution is 2.20. The number of rotatable bonds is 6. The van der Waals surface area contributed by atoms with Crippen LogP contribution in [0.4, 0.5) is 15.8 Å². The van der Waals surface area contributed by atoms with Crippen LogP contribution in [-0.4, -0.2) is 18.4 Å². The van der Waals surface area contributed by atoms with Gasteiger partial charge in [-0.15, -0.1) is 0 Å². The molecule has 0 aliphatic heterocycles. The predicted molar refractivity (Wildman–Crippen MR) is 98.2 cm³/mol. The van der Waals surface area contributed by atoms with Crippen LogP contribution in [0.3, 0.4) is 0 Å². The van der Waals surface area contributed by atoms with Gasteiger partial charge in [0.1, 0.15) is 5.82 Å². The molecule has 2 rings (SSSR count). The zero-order chi connectivity index (χ0) is 18.4. The topological polar surface area (TPSA) is 49.4 Å². The van der Waals surface area contributed by atoms with Crippen LogP contribution >= 0.6 is 0 Å². The Kier molecular flexibility index (Phi) is 6.28. The second-order valence-corrected chi connectivity index (χ2v) is 6.23. The number of hydrogen-bond donors (Lipinski definition) is 1. The molecule has 2 amide bonds. The van der Waals surface area contributed by atoms with Crippen molar-refractivity contribution in [2.45, 2.75) is 33.1 Å². The molecule has 25 heavy (non-hydrogen) atoms. The van der Waals surface area contributed by atoms with Crippen LogP contribution in [0.25, 0.3) is 0 Å². The monoisotopic (exact) mass is 342 g/mol. The van der Waals surface area contributed by atoms with Crippen LogP contribution in [0.5, 0.6) is 0 Å². The van der Waals surface area contributed by atoms with Crippen LogP contribution in [0.2, 0.25) is 0 Å². The minimum Gasteiger partial charge on any atom is -0.326 e. The first-order valence-corrected chi connectivity index (χ1v) is 8.30. The van der Waals surface area contributed by atoms with E-state index in [9.17, 15) is 14.0 Å². The third kappa shape index (κ3) is 5.41. The Morgan fingerprint density at radius 2 is 1.80 bits per heavy atom. The van der Waals surface area contributed by atoms with E-state index in [1.165, 1.54) is 30.7 Å². The summed E-state index contributed by atoms with van der Waals surface area (Å²) in [6, 6.07) is 13.5. The molecule has 0 aliphatic carbocycles. The third-order valence-corrected chi connectivity index (χ3v) is 3.92. The summed E-state index contributed by atoms with van der Waals surface area (Å²) in [4.78, 5) is 25.5. The smallest absolute Gasteiger partial charge is 0.226 e. The van der Waals surface area contributed by atoms with E-state index >= 15 is 0 Å². The van der Waals surface area contributed by atoms with Gasteiger partial charge in [0.05, 0.1) is 0 Å². The Bertz CT molecular complexity index is 742. The van der Waals surface area contributed by atoms with Gasteiger partial charge in [-0.05, 0) is 41.8 Å². The number of amides is 2. The van der Waals surface area contributed by atoms with Gasteiger partial charge in [0.15, 0.2) is 0 Å². The summed E-state index contributed by atoms with van der Waals surface area (Å²) in [5.74, 6) is -0.392. The predicted octanol–water partition coefficient (Wildman–Crippen LogP) is 4.33. The summed E-state index contributed by atoms with van der Waals surface area (Å²) in [5, 5.41) is 2.64. The fourth-order valence-corrected chi connectivity index (χ4v) is 2.51. The zero-order valence-corrected chi connectivity index (χ0v) is 14.8. The average Bonchev–Trinajstić information content (AvgIpc) is 2.55. The van der Waals surface area contributed by atoms with Crippen molar-refractivity contribution >= 4 is 23.2 Å². The van der Waals surface area contributed by atoms with Gasteiger partial charge < -0.3 is 10.2 Å². The molecule has 0 aromatic heterocycles. The number of halogens is 1. The van der Waals surface area contributed by atoms with Gasteiger partial charge >= 0.3 is 0 Å². The van der Waals surface area contributed by atoms with Crippen LogP contribution in [0, 0.1) is 5.82 Å². The first-order chi connectivity index (χ1) is 11.9. The van der Waals surface area contributed by atoms with Crippen LogP contribution in [0.1, 0.15) is 38.7 Å². The second kappa shape index (κ2) is 8.42. The number of hydrogen-bond acceptors (Lipinski definition) is 2. The number of benzene rings is 2. The molecule has 132 valence electrons. The highest BCUT2D eigenvalue weighted by Gasteiger charge is 2.14. The first-order valence-electron chi connectivity index (χ1n) is 8.30. The van der Waals surface area contributed by atoms with Crippen LogP contribution in [0.15, 0.2) is 48.5 Å². The molecule has 0 radical (unpaired) electrons. The normalized spacial score (nSPS) is 10.6. The van der Waals surface area contributed by atoms with Gasteiger partial charge in [-0.3, -0.25) is 9.59 Å². The summed E-state index contributed by atoms with van der Waals surface area (Å²) in [6.45, 7) is 5.95. The third-order valence-electron chi connectivity index (χ3n) is 3.92. The summed E-state index contributed by atoms with van der Waals surface area (Å²) in [5.41, 5.74) is 2.35. The molecule has 2 aromatic rings. The van der Waals surface area contributed by atoms with E-state index in [4.69, 9.17) is 0 Å². The fourth-order valence-electron chi connectivity index (χ4n) is 2.51. The van der Waals surface area contributed by atoms with Crippen molar-refractivity contribution in [1.29, 1.82) is 0 Å². The molecular formula is C20H23FN2O2. The highest BCUT2D eigenvalue weighted by molar-refractivity contribution is 5.94. The van der Waals surface area contributed by atoms with Crippen molar-refractivity contribution in [2.75, 3.05) is 16.8 Å². The first kappa shape index (κ1) is 18.6. The SMILES string of the molecule is CC(=O)N(CCC(=O)Nc1cccc(F)c1)c1ccc(C(C)C)cc1. The molecule has 0 atom stereocenters. The number of carbonyl (C=O) groups is 2. The fraction of sp³-hybridized carbons (Fsp3) is 0.300. The zero-order valence-electron chi connectivity index (χ0n) is 14.8. The molecule has 0 heterocycles. The van der Waals surface area contributed by atoms with E-state index in [1.54, 1.807) is 11.0 Å². The van der Waals surface area contributed by atoms with Gasteiger partial charge in [-0.25, -0.2) is 4.39 Å². The lowest BCUT2D eigenvalue weighted by molar-refractivity contribution is -0.117. The van der Waals surface area contributed by atoms with Crippen molar-refractivity contribution in [1.82, 2.24) is 0 Å². The molecule has 5 heteroatoms. The molecule has 0 bridgehead atoms. The van der Waals surface area contributed by atoms with Gasteiger partial charge in [0.2, 0.25) is 11.8 Å². The van der Waals surface area contributed by atoms with Gasteiger partial charge in [0.25, 0.3) is 0 Å². The lowest BCUT2D eigenvalue weighted by atomic mass is 10.0. The molecule has 0 spiro atoms. The average molecular weight is 342 g/mol. The molecule has 4 nitrogen and oxygen atoms in total. The molecule has 0 aliphatic rings. The van der Waals surface area contributed by atoms with Crippen molar-refractivity contribution in [3.63, 3.8) is 0 Å². The van der Waals surface area contributed by atoms with Crippen molar-refractivity contribution in [2.24, 2.45) is 0 Å². The number of nitrogens with zero attached hydrogens (tertiary/aromatic N) is 1. The van der Waals surface area contributed by atoms with E-state index in [0.29, 0.717) is 11.6 Å². The molecular weight excluding hydrogens is 319 g/mol. The largest absolute Gasteiger partial charge is 0.326 e. The molecule has 0 fully saturated rings. The Labute approximate surface area is 147 Å². The Hall–Kier alpha value is -2.69. The van der Waals surface area contributed by atoms with Gasteiger partial charge in [-0.1, -0.05) is 32.0 Å². The standard InChI is InChI=1S/C20H23FN2O2/c1-14(2)16-7-9-19(10-8-16)23(15(3)24)12-11-20(25)22-18-6-4-5-17(21)13-18/h4-10,13-14H,11-12H2,1-3H3,(H,22,25). The minimum absolute atomic E-state index is 0.127. The van der Waals surface area contributed by atoms with Gasteiger partial charge in [-0.2, -0.15) is 0 Å². The van der Waals surface area contributed by atoms with Crippen LogP contribution < -0.4 is 10.2 Å². The van der Waals surface area contributed by atoms with Gasteiger partial charge in [0, 0.05) is 31.3 Å². The molecule has 2 aromatic carbocycles. The Morgan fingerprint density at radius 1 is 1.12 bits per heavy atom. The van der Waals surface area contributed by atoms with E-state index in [1.807, 2.05) is 24.3 Å². The highest BCUT2D eigenvalue weighted by atomic mass is 19.1. The summed E-state index contributed by atoms with van der Waals surface area (Å²) in [6.07, 6.45) is 0.127. The second-order valence-electron chi connectivity index (χ2n) is 6.23. The van der Waals surface area contributed by atoms with E-state index < -0.39 is 5.82 Å². The van der Waals surface area contributed by atoms with E-state index in [-0.39, 0.29) is 24.8 Å². The van der Waals surface area contributed by atoms with Crippen molar-refractivity contribution in [3.05, 3.63) is 59.9 Å². The summed E-state index contributed by atoms with van der Waals surface area (Å²) in [7, 11) is 0. The molecule has 0 saturated heterocycles. The van der Waals surface area contributed by atoms with E-state index in [0.717, 1.165) is 5.69 Å². The molecule has 1 N–H and O–H groups in total. The van der Waals surface area contributed by atoms with E-state index in [2.05, 4.69) is 19.2 Å².